The molecule has 18 heavy (non-hydrogen) atoms. The van der Waals surface area contributed by atoms with Crippen LogP contribution in [0.3, 0.4) is 0 Å². The molecule has 0 radical (unpaired) electrons. The van der Waals surface area contributed by atoms with Gasteiger partial charge in [0, 0.05) is 0 Å². The fraction of sp³-hybridized carbons (Fsp3) is 0.308. The summed E-state index contributed by atoms with van der Waals surface area (Å²) in [6, 6.07) is 4.00. The SMILES string of the molecule is COc1cc(C)cc(C)c1-c1nnc(C)nc1N. The van der Waals surface area contributed by atoms with Crippen molar-refractivity contribution in [3.63, 3.8) is 0 Å². The van der Waals surface area contributed by atoms with Crippen LogP contribution < -0.4 is 10.5 Å². The number of nitrogens with zero attached hydrogens (tertiary/aromatic N) is 3. The van der Waals surface area contributed by atoms with Gasteiger partial charge in [-0.3, -0.25) is 0 Å². The van der Waals surface area contributed by atoms with Crippen molar-refractivity contribution < 1.29 is 4.74 Å². The Hall–Kier alpha value is -2.17. The number of nitrogens with two attached hydrogens (primary N) is 1. The lowest BCUT2D eigenvalue weighted by molar-refractivity contribution is 0.415. The summed E-state index contributed by atoms with van der Waals surface area (Å²) >= 11 is 0. The number of aryl methyl sites for hydroxylation is 3. The van der Waals surface area contributed by atoms with Crippen LogP contribution in [0.15, 0.2) is 12.1 Å². The first-order valence-electron chi connectivity index (χ1n) is 5.65. The number of anilines is 1. The van der Waals surface area contributed by atoms with E-state index in [0.717, 1.165) is 22.4 Å². The van der Waals surface area contributed by atoms with Gasteiger partial charge in [0.05, 0.1) is 12.7 Å². The van der Waals surface area contributed by atoms with Crippen molar-refractivity contribution in [1.29, 1.82) is 0 Å². The summed E-state index contributed by atoms with van der Waals surface area (Å²) in [5, 5.41) is 8.09. The highest BCUT2D eigenvalue weighted by Crippen LogP contribution is 2.34. The van der Waals surface area contributed by atoms with Crippen molar-refractivity contribution in [3.05, 3.63) is 29.1 Å². The molecule has 94 valence electrons. The minimum atomic E-state index is 0.368. The summed E-state index contributed by atoms with van der Waals surface area (Å²) in [6.07, 6.45) is 0. The van der Waals surface area contributed by atoms with E-state index in [0.29, 0.717) is 17.3 Å². The summed E-state index contributed by atoms with van der Waals surface area (Å²) in [6.45, 7) is 5.76. The second-order valence-corrected chi connectivity index (χ2v) is 4.25. The average Bonchev–Trinajstić information content (AvgIpc) is 2.29. The van der Waals surface area contributed by atoms with E-state index in [4.69, 9.17) is 10.5 Å². The van der Waals surface area contributed by atoms with Crippen molar-refractivity contribution in [2.45, 2.75) is 20.8 Å². The van der Waals surface area contributed by atoms with Crippen LogP contribution in [0.2, 0.25) is 0 Å². The third-order valence-corrected chi connectivity index (χ3v) is 2.72. The van der Waals surface area contributed by atoms with Crippen molar-refractivity contribution in [3.8, 4) is 17.0 Å². The second kappa shape index (κ2) is 4.60. The van der Waals surface area contributed by atoms with Crippen LogP contribution in [0, 0.1) is 20.8 Å². The fourth-order valence-electron chi connectivity index (χ4n) is 1.99. The predicted octanol–water partition coefficient (Wildman–Crippen LogP) is 2.05. The van der Waals surface area contributed by atoms with Crippen molar-refractivity contribution in [1.82, 2.24) is 15.2 Å². The Morgan fingerprint density at radius 3 is 2.44 bits per heavy atom. The van der Waals surface area contributed by atoms with E-state index in [9.17, 15) is 0 Å². The molecular weight excluding hydrogens is 228 g/mol. The molecule has 0 amide bonds. The minimum Gasteiger partial charge on any atom is -0.496 e. The van der Waals surface area contributed by atoms with Gasteiger partial charge in [0.25, 0.3) is 0 Å². The van der Waals surface area contributed by atoms with Crippen molar-refractivity contribution in [2.75, 3.05) is 12.8 Å². The highest BCUT2D eigenvalue weighted by molar-refractivity contribution is 5.77. The summed E-state index contributed by atoms with van der Waals surface area (Å²) in [4.78, 5) is 4.14. The van der Waals surface area contributed by atoms with Gasteiger partial charge in [-0.05, 0) is 38.0 Å². The third-order valence-electron chi connectivity index (χ3n) is 2.72. The van der Waals surface area contributed by atoms with Gasteiger partial charge < -0.3 is 10.5 Å². The Morgan fingerprint density at radius 1 is 1.11 bits per heavy atom. The molecule has 2 aromatic rings. The number of hydrogen-bond donors (Lipinski definition) is 1. The first-order chi connectivity index (χ1) is 8.52. The molecule has 0 atom stereocenters. The van der Waals surface area contributed by atoms with Gasteiger partial charge in [-0.25, -0.2) is 4.98 Å². The second-order valence-electron chi connectivity index (χ2n) is 4.25. The van der Waals surface area contributed by atoms with Crippen LogP contribution in [0.25, 0.3) is 11.3 Å². The van der Waals surface area contributed by atoms with Gasteiger partial charge in [0.15, 0.2) is 5.82 Å². The molecule has 2 N–H and O–H groups in total. The van der Waals surface area contributed by atoms with Crippen molar-refractivity contribution >= 4 is 5.82 Å². The molecule has 1 aromatic heterocycles. The van der Waals surface area contributed by atoms with E-state index >= 15 is 0 Å². The third kappa shape index (κ3) is 2.11. The first kappa shape index (κ1) is 12.3. The lowest BCUT2D eigenvalue weighted by atomic mass is 10.0. The molecule has 2 rings (SSSR count). The van der Waals surface area contributed by atoms with Crippen LogP contribution >= 0.6 is 0 Å². The molecule has 5 heteroatoms. The molecular formula is C13H16N4O. The molecule has 0 aliphatic heterocycles. The highest BCUT2D eigenvalue weighted by atomic mass is 16.5. The molecule has 1 heterocycles. The lowest BCUT2D eigenvalue weighted by Crippen LogP contribution is -2.04. The minimum absolute atomic E-state index is 0.368. The Bertz CT molecular complexity index is 596. The topological polar surface area (TPSA) is 73.9 Å². The Morgan fingerprint density at radius 2 is 1.83 bits per heavy atom. The molecule has 0 spiro atoms. The monoisotopic (exact) mass is 244 g/mol. The molecule has 0 aliphatic rings. The largest absolute Gasteiger partial charge is 0.496 e. The van der Waals surface area contributed by atoms with Crippen LogP contribution in [-0.2, 0) is 0 Å². The standard InChI is InChI=1S/C13H16N4O/c1-7-5-8(2)11(10(6-7)18-4)12-13(14)15-9(3)16-17-12/h5-6H,1-4H3,(H2,14,15,16). The van der Waals surface area contributed by atoms with Crippen molar-refractivity contribution in [2.24, 2.45) is 0 Å². The molecule has 0 unspecified atom stereocenters. The number of aromatic nitrogens is 3. The number of rotatable bonds is 2. The van der Waals surface area contributed by atoms with Gasteiger partial charge in [0.2, 0.25) is 0 Å². The summed E-state index contributed by atoms with van der Waals surface area (Å²) < 4.78 is 5.40. The Balaban J connectivity index is 2.70. The number of ether oxygens (including phenoxy) is 1. The number of methoxy groups -OCH3 is 1. The highest BCUT2D eigenvalue weighted by Gasteiger charge is 2.15. The lowest BCUT2D eigenvalue weighted by Gasteiger charge is -2.13. The number of hydrogen-bond acceptors (Lipinski definition) is 5. The molecule has 0 bridgehead atoms. The van der Waals surface area contributed by atoms with Gasteiger partial charge in [-0.2, -0.15) is 0 Å². The summed E-state index contributed by atoms with van der Waals surface area (Å²) in [7, 11) is 1.63. The van der Waals surface area contributed by atoms with Gasteiger partial charge in [-0.1, -0.05) is 6.07 Å². The summed E-state index contributed by atoms with van der Waals surface area (Å²) in [5.74, 6) is 1.66. The van der Waals surface area contributed by atoms with Crippen LogP contribution in [0.1, 0.15) is 17.0 Å². The maximum atomic E-state index is 5.91. The van der Waals surface area contributed by atoms with E-state index in [2.05, 4.69) is 21.2 Å². The van der Waals surface area contributed by atoms with E-state index in [-0.39, 0.29) is 0 Å². The van der Waals surface area contributed by atoms with E-state index in [1.807, 2.05) is 19.9 Å². The van der Waals surface area contributed by atoms with Crippen LogP contribution in [0.4, 0.5) is 5.82 Å². The van der Waals surface area contributed by atoms with Crippen LogP contribution in [-0.4, -0.2) is 22.3 Å². The van der Waals surface area contributed by atoms with E-state index < -0.39 is 0 Å². The van der Waals surface area contributed by atoms with Crippen LogP contribution in [0.5, 0.6) is 5.75 Å². The molecule has 0 fully saturated rings. The fourth-order valence-corrected chi connectivity index (χ4v) is 1.99. The van der Waals surface area contributed by atoms with E-state index in [1.165, 1.54) is 0 Å². The molecule has 0 saturated heterocycles. The van der Waals surface area contributed by atoms with Gasteiger partial charge >= 0.3 is 0 Å². The molecule has 0 aliphatic carbocycles. The normalized spacial score (nSPS) is 10.4. The smallest absolute Gasteiger partial charge is 0.154 e. The molecule has 0 saturated carbocycles. The average molecular weight is 244 g/mol. The zero-order chi connectivity index (χ0) is 13.3. The number of benzene rings is 1. The maximum absolute atomic E-state index is 5.91. The predicted molar refractivity (Wildman–Crippen MR) is 70.4 cm³/mol. The summed E-state index contributed by atoms with van der Waals surface area (Å²) in [5.41, 5.74) is 9.49. The Kier molecular flexibility index (Phi) is 3.14. The van der Waals surface area contributed by atoms with Gasteiger partial charge in [-0.15, -0.1) is 10.2 Å². The maximum Gasteiger partial charge on any atom is 0.154 e. The van der Waals surface area contributed by atoms with Gasteiger partial charge in [0.1, 0.15) is 17.3 Å². The van der Waals surface area contributed by atoms with E-state index in [1.54, 1.807) is 14.0 Å². The first-order valence-corrected chi connectivity index (χ1v) is 5.65. The Labute approximate surface area is 106 Å². The molecule has 1 aromatic carbocycles. The zero-order valence-electron chi connectivity index (χ0n) is 11.0. The molecule has 5 nitrogen and oxygen atoms in total. The number of nitrogen functional groups attached to an aromatic ring is 1. The zero-order valence-corrected chi connectivity index (χ0v) is 11.0. The quantitative estimate of drug-likeness (QED) is 0.875.